The van der Waals surface area contributed by atoms with Crippen LogP contribution in [0, 0.1) is 0 Å². The van der Waals surface area contributed by atoms with Gasteiger partial charge in [-0.1, -0.05) is 23.7 Å². The highest BCUT2D eigenvalue weighted by molar-refractivity contribution is 6.32. The molecule has 3 aromatic rings. The van der Waals surface area contributed by atoms with Gasteiger partial charge in [0.2, 0.25) is 0 Å². The molecule has 0 saturated carbocycles. The summed E-state index contributed by atoms with van der Waals surface area (Å²) in [5.41, 5.74) is 7.72. The second-order valence-electron chi connectivity index (χ2n) is 4.91. The number of hydrogen-bond acceptors (Lipinski definition) is 3. The van der Waals surface area contributed by atoms with E-state index < -0.39 is 0 Å². The van der Waals surface area contributed by atoms with E-state index in [4.69, 9.17) is 22.1 Å². The summed E-state index contributed by atoms with van der Waals surface area (Å²) in [6.07, 6.45) is 1.76. The van der Waals surface area contributed by atoms with Gasteiger partial charge in [0.15, 0.2) is 0 Å². The molecule has 4 heteroatoms. The van der Waals surface area contributed by atoms with E-state index >= 15 is 0 Å². The molecular formula is C17H15ClN2O. The molecule has 3 rings (SSSR count). The molecule has 2 aromatic carbocycles. The van der Waals surface area contributed by atoms with Crippen molar-refractivity contribution in [3.8, 4) is 11.5 Å². The van der Waals surface area contributed by atoms with E-state index in [-0.39, 0.29) is 6.04 Å². The van der Waals surface area contributed by atoms with Crippen molar-refractivity contribution in [1.82, 2.24) is 4.98 Å². The second-order valence-corrected chi connectivity index (χ2v) is 5.31. The minimum absolute atomic E-state index is 0.0571. The van der Waals surface area contributed by atoms with Crippen LogP contribution in [-0.2, 0) is 0 Å². The standard InChI is InChI=1S/C17H15ClN2O/c1-11(19)12-7-8-17(14(18)10-12)21-16-6-2-5-15-13(16)4-3-9-20-15/h2-11H,19H2,1H3. The Kier molecular flexibility index (Phi) is 3.78. The minimum atomic E-state index is -0.0571. The Morgan fingerprint density at radius 2 is 1.95 bits per heavy atom. The third-order valence-electron chi connectivity index (χ3n) is 3.31. The van der Waals surface area contributed by atoms with Gasteiger partial charge in [0.1, 0.15) is 11.5 Å². The summed E-state index contributed by atoms with van der Waals surface area (Å²) < 4.78 is 5.94. The van der Waals surface area contributed by atoms with Crippen LogP contribution >= 0.6 is 11.6 Å². The second kappa shape index (κ2) is 5.72. The van der Waals surface area contributed by atoms with E-state index in [2.05, 4.69) is 4.98 Å². The number of hydrogen-bond donors (Lipinski definition) is 1. The Morgan fingerprint density at radius 1 is 1.10 bits per heavy atom. The lowest BCUT2D eigenvalue weighted by Gasteiger charge is -2.12. The van der Waals surface area contributed by atoms with Gasteiger partial charge < -0.3 is 10.5 Å². The van der Waals surface area contributed by atoms with E-state index in [1.54, 1.807) is 6.20 Å². The number of halogens is 1. The predicted octanol–water partition coefficient (Wildman–Crippen LogP) is 4.70. The zero-order chi connectivity index (χ0) is 14.8. The van der Waals surface area contributed by atoms with Crippen LogP contribution in [0.25, 0.3) is 10.9 Å². The van der Waals surface area contributed by atoms with Gasteiger partial charge in [0.25, 0.3) is 0 Å². The predicted molar refractivity (Wildman–Crippen MR) is 85.9 cm³/mol. The summed E-state index contributed by atoms with van der Waals surface area (Å²) in [5.74, 6) is 1.34. The highest BCUT2D eigenvalue weighted by atomic mass is 35.5. The van der Waals surface area contributed by atoms with Crippen LogP contribution in [0.5, 0.6) is 11.5 Å². The third-order valence-corrected chi connectivity index (χ3v) is 3.60. The van der Waals surface area contributed by atoms with Gasteiger partial charge in [-0.25, -0.2) is 0 Å². The molecule has 0 aliphatic carbocycles. The van der Waals surface area contributed by atoms with Crippen molar-refractivity contribution in [1.29, 1.82) is 0 Å². The topological polar surface area (TPSA) is 48.1 Å². The van der Waals surface area contributed by atoms with Gasteiger partial charge in [-0.15, -0.1) is 0 Å². The normalized spacial score (nSPS) is 12.3. The van der Waals surface area contributed by atoms with Crippen LogP contribution in [0.1, 0.15) is 18.5 Å². The van der Waals surface area contributed by atoms with E-state index in [9.17, 15) is 0 Å². The summed E-state index contributed by atoms with van der Waals surface area (Å²) in [7, 11) is 0. The summed E-state index contributed by atoms with van der Waals surface area (Å²) in [6, 6.07) is 15.2. The molecule has 0 fully saturated rings. The van der Waals surface area contributed by atoms with E-state index in [0.29, 0.717) is 10.8 Å². The summed E-state index contributed by atoms with van der Waals surface area (Å²) >= 11 is 6.28. The first-order valence-corrected chi connectivity index (χ1v) is 7.09. The first-order chi connectivity index (χ1) is 10.1. The Bertz CT molecular complexity index is 781. The molecule has 1 aromatic heterocycles. The Labute approximate surface area is 128 Å². The maximum Gasteiger partial charge on any atom is 0.146 e. The van der Waals surface area contributed by atoms with Crippen LogP contribution < -0.4 is 10.5 Å². The van der Waals surface area contributed by atoms with Crippen molar-refractivity contribution < 1.29 is 4.74 Å². The molecule has 3 nitrogen and oxygen atoms in total. The molecule has 0 spiro atoms. The quantitative estimate of drug-likeness (QED) is 0.762. The monoisotopic (exact) mass is 298 g/mol. The van der Waals surface area contributed by atoms with Crippen LogP contribution in [0.2, 0.25) is 5.02 Å². The van der Waals surface area contributed by atoms with Crippen LogP contribution in [0.15, 0.2) is 54.7 Å². The molecule has 1 heterocycles. The number of ether oxygens (including phenoxy) is 1. The van der Waals surface area contributed by atoms with Gasteiger partial charge in [0.05, 0.1) is 10.5 Å². The number of fused-ring (bicyclic) bond motifs is 1. The minimum Gasteiger partial charge on any atom is -0.455 e. The van der Waals surface area contributed by atoms with E-state index in [1.165, 1.54) is 0 Å². The van der Waals surface area contributed by atoms with Crippen molar-refractivity contribution in [2.45, 2.75) is 13.0 Å². The van der Waals surface area contributed by atoms with Crippen molar-refractivity contribution >= 4 is 22.5 Å². The first kappa shape index (κ1) is 13.9. The molecule has 1 atom stereocenters. The Hall–Kier alpha value is -2.10. The lowest BCUT2D eigenvalue weighted by molar-refractivity contribution is 0.488. The van der Waals surface area contributed by atoms with Crippen LogP contribution in [0.3, 0.4) is 0 Å². The average molecular weight is 299 g/mol. The smallest absolute Gasteiger partial charge is 0.146 e. The number of benzene rings is 2. The maximum absolute atomic E-state index is 6.28. The fourth-order valence-corrected chi connectivity index (χ4v) is 2.39. The summed E-state index contributed by atoms with van der Waals surface area (Å²) in [5, 5.41) is 1.50. The summed E-state index contributed by atoms with van der Waals surface area (Å²) in [6.45, 7) is 1.92. The van der Waals surface area contributed by atoms with Gasteiger partial charge in [-0.3, -0.25) is 4.98 Å². The number of pyridine rings is 1. The number of nitrogens with two attached hydrogens (primary N) is 1. The highest BCUT2D eigenvalue weighted by Gasteiger charge is 2.09. The molecule has 1 unspecified atom stereocenters. The Balaban J connectivity index is 1.99. The molecule has 0 aliphatic heterocycles. The molecule has 0 bridgehead atoms. The average Bonchev–Trinajstić information content (AvgIpc) is 2.49. The summed E-state index contributed by atoms with van der Waals surface area (Å²) in [4.78, 5) is 4.31. The maximum atomic E-state index is 6.28. The van der Waals surface area contributed by atoms with Crippen molar-refractivity contribution in [2.24, 2.45) is 5.73 Å². The fourth-order valence-electron chi connectivity index (χ4n) is 2.17. The van der Waals surface area contributed by atoms with Crippen LogP contribution in [-0.4, -0.2) is 4.98 Å². The fraction of sp³-hybridized carbons (Fsp3) is 0.118. The zero-order valence-electron chi connectivity index (χ0n) is 11.6. The number of rotatable bonds is 3. The highest BCUT2D eigenvalue weighted by Crippen LogP contribution is 2.34. The van der Waals surface area contributed by atoms with Crippen molar-refractivity contribution in [3.05, 3.63) is 65.3 Å². The molecule has 0 radical (unpaired) electrons. The van der Waals surface area contributed by atoms with Gasteiger partial charge >= 0.3 is 0 Å². The Morgan fingerprint density at radius 3 is 2.71 bits per heavy atom. The molecule has 21 heavy (non-hydrogen) atoms. The molecule has 2 N–H and O–H groups in total. The van der Waals surface area contributed by atoms with Crippen molar-refractivity contribution in [3.63, 3.8) is 0 Å². The first-order valence-electron chi connectivity index (χ1n) is 6.72. The largest absolute Gasteiger partial charge is 0.455 e. The number of aromatic nitrogens is 1. The lowest BCUT2D eigenvalue weighted by Crippen LogP contribution is -2.04. The molecule has 106 valence electrons. The number of nitrogens with zero attached hydrogens (tertiary/aromatic N) is 1. The third kappa shape index (κ3) is 2.84. The van der Waals surface area contributed by atoms with Crippen LogP contribution in [0.4, 0.5) is 0 Å². The van der Waals surface area contributed by atoms with Crippen molar-refractivity contribution in [2.75, 3.05) is 0 Å². The van der Waals surface area contributed by atoms with Gasteiger partial charge in [-0.05, 0) is 48.9 Å². The van der Waals surface area contributed by atoms with Gasteiger partial charge in [0, 0.05) is 17.6 Å². The SMILES string of the molecule is CC(N)c1ccc(Oc2cccc3ncccc23)c(Cl)c1. The molecular weight excluding hydrogens is 284 g/mol. The van der Waals surface area contributed by atoms with E-state index in [0.717, 1.165) is 22.2 Å². The van der Waals surface area contributed by atoms with E-state index in [1.807, 2.05) is 55.5 Å². The zero-order valence-corrected chi connectivity index (χ0v) is 12.3. The molecule has 0 saturated heterocycles. The van der Waals surface area contributed by atoms with Gasteiger partial charge in [-0.2, -0.15) is 0 Å². The molecule has 0 amide bonds. The molecule has 0 aliphatic rings. The lowest BCUT2D eigenvalue weighted by atomic mass is 10.1.